The third-order valence-corrected chi connectivity index (χ3v) is 4.01. The van der Waals surface area contributed by atoms with Gasteiger partial charge >= 0.3 is 12.1 Å². The highest BCUT2D eigenvalue weighted by molar-refractivity contribution is 5.89. The molecule has 0 N–H and O–H groups in total. The van der Waals surface area contributed by atoms with Crippen molar-refractivity contribution < 1.29 is 22.7 Å². The van der Waals surface area contributed by atoms with E-state index >= 15 is 0 Å². The lowest BCUT2D eigenvalue weighted by molar-refractivity contribution is -0.158. The predicted molar refractivity (Wildman–Crippen MR) is 77.8 cm³/mol. The average molecular weight is 308 g/mol. The van der Waals surface area contributed by atoms with Gasteiger partial charge in [-0.15, -0.1) is 0 Å². The van der Waals surface area contributed by atoms with E-state index in [1.807, 2.05) is 13.8 Å². The molecular formula is C16H27F3O2. The van der Waals surface area contributed by atoms with Crippen LogP contribution in [0.4, 0.5) is 13.2 Å². The lowest BCUT2D eigenvalue weighted by Crippen LogP contribution is -2.29. The molecule has 0 heterocycles. The molecule has 0 spiro atoms. The SMILES string of the molecule is C=C(C(=O)OC(CCCC(C)CC)C(C)CC)C(F)(F)F. The van der Waals surface area contributed by atoms with Gasteiger partial charge in [0.05, 0.1) is 0 Å². The Labute approximate surface area is 125 Å². The number of carbonyl (C=O) groups excluding carboxylic acids is 1. The fourth-order valence-electron chi connectivity index (χ4n) is 1.92. The molecule has 0 aromatic heterocycles. The summed E-state index contributed by atoms with van der Waals surface area (Å²) in [6.07, 6.45) is -0.968. The van der Waals surface area contributed by atoms with Gasteiger partial charge in [-0.1, -0.05) is 53.5 Å². The molecule has 3 atom stereocenters. The van der Waals surface area contributed by atoms with Gasteiger partial charge in [0.2, 0.25) is 0 Å². The summed E-state index contributed by atoms with van der Waals surface area (Å²) in [5, 5.41) is 0. The van der Waals surface area contributed by atoms with Gasteiger partial charge in [0.25, 0.3) is 0 Å². The first-order valence-electron chi connectivity index (χ1n) is 7.60. The van der Waals surface area contributed by atoms with Crippen LogP contribution in [0.1, 0.15) is 59.8 Å². The summed E-state index contributed by atoms with van der Waals surface area (Å²) in [4.78, 5) is 11.5. The second-order valence-electron chi connectivity index (χ2n) is 5.75. The summed E-state index contributed by atoms with van der Waals surface area (Å²) in [5.41, 5.74) is -1.43. The Morgan fingerprint density at radius 2 is 1.71 bits per heavy atom. The van der Waals surface area contributed by atoms with Gasteiger partial charge in [-0.05, 0) is 24.7 Å². The topological polar surface area (TPSA) is 26.3 Å². The maximum absolute atomic E-state index is 12.4. The Morgan fingerprint density at radius 3 is 2.14 bits per heavy atom. The van der Waals surface area contributed by atoms with Crippen LogP contribution in [0, 0.1) is 11.8 Å². The predicted octanol–water partition coefficient (Wildman–Crippen LogP) is 5.28. The highest BCUT2D eigenvalue weighted by atomic mass is 19.4. The summed E-state index contributed by atoms with van der Waals surface area (Å²) in [5.74, 6) is -0.744. The molecule has 0 bridgehead atoms. The fourth-order valence-corrected chi connectivity index (χ4v) is 1.92. The van der Waals surface area contributed by atoms with Gasteiger partial charge in [-0.25, -0.2) is 4.79 Å². The smallest absolute Gasteiger partial charge is 0.422 e. The fraction of sp³-hybridized carbons (Fsp3) is 0.812. The van der Waals surface area contributed by atoms with E-state index in [2.05, 4.69) is 20.4 Å². The highest BCUT2D eigenvalue weighted by Crippen LogP contribution is 2.27. The standard InChI is InChI=1S/C16H27F3O2/c1-6-11(3)9-8-10-14(12(4)7-2)21-15(20)13(5)16(17,18)19/h11-12,14H,5-10H2,1-4H3. The van der Waals surface area contributed by atoms with E-state index in [0.717, 1.165) is 25.7 Å². The van der Waals surface area contributed by atoms with Crippen LogP contribution in [-0.2, 0) is 9.53 Å². The Bertz CT molecular complexity index is 337. The summed E-state index contributed by atoms with van der Waals surface area (Å²) in [6.45, 7) is 10.8. The van der Waals surface area contributed by atoms with E-state index in [-0.39, 0.29) is 5.92 Å². The van der Waals surface area contributed by atoms with E-state index in [1.54, 1.807) is 0 Å². The molecule has 5 heteroatoms. The first-order valence-corrected chi connectivity index (χ1v) is 7.60. The third-order valence-electron chi connectivity index (χ3n) is 4.01. The second-order valence-corrected chi connectivity index (χ2v) is 5.75. The summed E-state index contributed by atoms with van der Waals surface area (Å²) >= 11 is 0. The Kier molecular flexibility index (Phi) is 8.67. The first-order chi connectivity index (χ1) is 9.63. The molecule has 0 saturated carbocycles. The van der Waals surface area contributed by atoms with Crippen LogP contribution in [0.5, 0.6) is 0 Å². The normalized spacial score (nSPS) is 16.1. The molecule has 0 radical (unpaired) electrons. The number of hydrogen-bond acceptors (Lipinski definition) is 2. The molecule has 0 aliphatic heterocycles. The lowest BCUT2D eigenvalue weighted by atomic mass is 9.94. The second kappa shape index (κ2) is 9.11. The van der Waals surface area contributed by atoms with Gasteiger partial charge in [-0.3, -0.25) is 0 Å². The largest absolute Gasteiger partial charge is 0.459 e. The zero-order valence-corrected chi connectivity index (χ0v) is 13.4. The average Bonchev–Trinajstić information content (AvgIpc) is 2.42. The monoisotopic (exact) mass is 308 g/mol. The van der Waals surface area contributed by atoms with Crippen LogP contribution in [0.15, 0.2) is 12.2 Å². The number of rotatable bonds is 9. The van der Waals surface area contributed by atoms with Gasteiger partial charge in [0, 0.05) is 0 Å². The van der Waals surface area contributed by atoms with Crippen LogP contribution in [0.2, 0.25) is 0 Å². The number of esters is 1. The number of hydrogen-bond donors (Lipinski definition) is 0. The Hall–Kier alpha value is -1.00. The van der Waals surface area contributed by atoms with E-state index in [1.165, 1.54) is 0 Å². The van der Waals surface area contributed by atoms with Crippen LogP contribution < -0.4 is 0 Å². The molecule has 0 amide bonds. The maximum atomic E-state index is 12.4. The number of ether oxygens (including phenoxy) is 1. The zero-order valence-electron chi connectivity index (χ0n) is 13.4. The molecule has 0 rings (SSSR count). The Balaban J connectivity index is 4.56. The van der Waals surface area contributed by atoms with Crippen molar-refractivity contribution in [2.75, 3.05) is 0 Å². The molecule has 0 fully saturated rings. The summed E-state index contributed by atoms with van der Waals surface area (Å²) in [7, 11) is 0. The van der Waals surface area contributed by atoms with Gasteiger partial charge in [0.15, 0.2) is 0 Å². The molecular weight excluding hydrogens is 281 g/mol. The van der Waals surface area contributed by atoms with E-state index in [0.29, 0.717) is 12.3 Å². The minimum Gasteiger partial charge on any atom is -0.459 e. The van der Waals surface area contributed by atoms with Crippen LogP contribution in [-0.4, -0.2) is 18.2 Å². The lowest BCUT2D eigenvalue weighted by Gasteiger charge is -2.24. The number of halogens is 3. The van der Waals surface area contributed by atoms with Gasteiger partial charge < -0.3 is 4.74 Å². The molecule has 0 aliphatic rings. The summed E-state index contributed by atoms with van der Waals surface area (Å²) < 4.78 is 42.4. The van der Waals surface area contributed by atoms with Crippen LogP contribution in [0.25, 0.3) is 0 Å². The van der Waals surface area contributed by atoms with Gasteiger partial charge in [-0.2, -0.15) is 13.2 Å². The maximum Gasteiger partial charge on any atom is 0.422 e. The van der Waals surface area contributed by atoms with Crippen molar-refractivity contribution >= 4 is 5.97 Å². The van der Waals surface area contributed by atoms with E-state index in [9.17, 15) is 18.0 Å². The first kappa shape index (κ1) is 20.0. The van der Waals surface area contributed by atoms with Crippen molar-refractivity contribution in [3.63, 3.8) is 0 Å². The Morgan fingerprint density at radius 1 is 1.14 bits per heavy atom. The van der Waals surface area contributed by atoms with Crippen molar-refractivity contribution in [2.24, 2.45) is 11.8 Å². The van der Waals surface area contributed by atoms with Crippen molar-refractivity contribution in [3.05, 3.63) is 12.2 Å². The molecule has 2 nitrogen and oxygen atoms in total. The molecule has 21 heavy (non-hydrogen) atoms. The van der Waals surface area contributed by atoms with Crippen LogP contribution >= 0.6 is 0 Å². The van der Waals surface area contributed by atoms with E-state index < -0.39 is 23.8 Å². The van der Waals surface area contributed by atoms with Crippen molar-refractivity contribution in [1.82, 2.24) is 0 Å². The zero-order chi connectivity index (χ0) is 16.6. The minimum atomic E-state index is -4.73. The molecule has 0 aromatic rings. The minimum absolute atomic E-state index is 0.0342. The quantitative estimate of drug-likeness (QED) is 0.428. The number of alkyl halides is 3. The molecule has 0 aromatic carbocycles. The summed E-state index contributed by atoms with van der Waals surface area (Å²) in [6, 6.07) is 0. The van der Waals surface area contributed by atoms with E-state index in [4.69, 9.17) is 4.74 Å². The molecule has 3 unspecified atom stereocenters. The molecule has 124 valence electrons. The van der Waals surface area contributed by atoms with Crippen molar-refractivity contribution in [3.8, 4) is 0 Å². The third kappa shape index (κ3) is 7.53. The molecule has 0 saturated heterocycles. The van der Waals surface area contributed by atoms with Crippen molar-refractivity contribution in [1.29, 1.82) is 0 Å². The van der Waals surface area contributed by atoms with Crippen LogP contribution in [0.3, 0.4) is 0 Å². The van der Waals surface area contributed by atoms with Gasteiger partial charge in [0.1, 0.15) is 11.7 Å². The number of carbonyl (C=O) groups is 1. The molecule has 0 aliphatic carbocycles. The highest BCUT2D eigenvalue weighted by Gasteiger charge is 2.39. The van der Waals surface area contributed by atoms with Crippen molar-refractivity contribution in [2.45, 2.75) is 72.1 Å².